The molecule has 0 aliphatic heterocycles. The summed E-state index contributed by atoms with van der Waals surface area (Å²) in [5.41, 5.74) is 2.43. The Morgan fingerprint density at radius 2 is 2.10 bits per heavy atom. The molecule has 1 atom stereocenters. The predicted octanol–water partition coefficient (Wildman–Crippen LogP) is 3.55. The highest BCUT2D eigenvalue weighted by Gasteiger charge is 2.09. The Morgan fingerprint density at radius 3 is 2.80 bits per heavy atom. The largest absolute Gasteiger partial charge is 0.493 e. The molecule has 0 heterocycles. The van der Waals surface area contributed by atoms with Gasteiger partial charge in [-0.05, 0) is 24.8 Å². The van der Waals surface area contributed by atoms with Crippen molar-refractivity contribution in [2.24, 2.45) is 5.92 Å². The summed E-state index contributed by atoms with van der Waals surface area (Å²) in [6, 6.07) is 6.33. The van der Waals surface area contributed by atoms with Crippen molar-refractivity contribution in [2.45, 2.75) is 40.2 Å². The second-order valence-corrected chi connectivity index (χ2v) is 5.44. The van der Waals surface area contributed by atoms with E-state index >= 15 is 0 Å². The molecular formula is C17H29NO2. The van der Waals surface area contributed by atoms with Gasteiger partial charge in [0.25, 0.3) is 0 Å². The summed E-state index contributed by atoms with van der Waals surface area (Å²) in [6.45, 7) is 9.78. The molecule has 0 saturated heterocycles. The van der Waals surface area contributed by atoms with E-state index in [9.17, 15) is 0 Å². The average Bonchev–Trinajstić information content (AvgIpc) is 2.43. The average molecular weight is 279 g/mol. The third-order valence-electron chi connectivity index (χ3n) is 3.39. The minimum absolute atomic E-state index is 0.605. The van der Waals surface area contributed by atoms with Crippen molar-refractivity contribution in [3.05, 3.63) is 29.3 Å². The lowest BCUT2D eigenvalue weighted by atomic mass is 10.1. The topological polar surface area (TPSA) is 30.5 Å². The molecule has 1 unspecified atom stereocenters. The van der Waals surface area contributed by atoms with E-state index < -0.39 is 0 Å². The van der Waals surface area contributed by atoms with E-state index in [0.717, 1.165) is 32.1 Å². The molecule has 3 nitrogen and oxygen atoms in total. The van der Waals surface area contributed by atoms with Crippen molar-refractivity contribution in [1.82, 2.24) is 5.32 Å². The SMILES string of the molecule is CCCC(C)COc1c(C)cccc1CNCCOC. The van der Waals surface area contributed by atoms with Gasteiger partial charge in [-0.3, -0.25) is 0 Å². The summed E-state index contributed by atoms with van der Waals surface area (Å²) in [7, 11) is 1.72. The van der Waals surface area contributed by atoms with Gasteiger partial charge in [0, 0.05) is 25.8 Å². The minimum Gasteiger partial charge on any atom is -0.493 e. The molecule has 1 N–H and O–H groups in total. The summed E-state index contributed by atoms with van der Waals surface area (Å²) in [5.74, 6) is 1.65. The number of hydrogen-bond acceptors (Lipinski definition) is 3. The maximum Gasteiger partial charge on any atom is 0.126 e. The van der Waals surface area contributed by atoms with Crippen molar-refractivity contribution in [3.63, 3.8) is 0 Å². The quantitative estimate of drug-likeness (QED) is 0.664. The van der Waals surface area contributed by atoms with Crippen LogP contribution >= 0.6 is 0 Å². The van der Waals surface area contributed by atoms with Gasteiger partial charge in [0.15, 0.2) is 0 Å². The Bertz CT molecular complexity index is 379. The number of methoxy groups -OCH3 is 1. The zero-order valence-electron chi connectivity index (χ0n) is 13.4. The summed E-state index contributed by atoms with van der Waals surface area (Å²) in [6.07, 6.45) is 2.43. The minimum atomic E-state index is 0.605. The first kappa shape index (κ1) is 17.0. The standard InChI is InChI=1S/C17H29NO2/c1-5-7-14(2)13-20-17-15(3)8-6-9-16(17)12-18-10-11-19-4/h6,8-9,14,18H,5,7,10-13H2,1-4H3. The van der Waals surface area contributed by atoms with Crippen molar-refractivity contribution < 1.29 is 9.47 Å². The zero-order chi connectivity index (χ0) is 14.8. The van der Waals surface area contributed by atoms with E-state index in [1.54, 1.807) is 7.11 Å². The molecule has 3 heteroatoms. The number of hydrogen-bond donors (Lipinski definition) is 1. The van der Waals surface area contributed by atoms with Gasteiger partial charge in [0.05, 0.1) is 13.2 Å². The van der Waals surface area contributed by atoms with Gasteiger partial charge >= 0.3 is 0 Å². The Morgan fingerprint density at radius 1 is 1.30 bits per heavy atom. The second-order valence-electron chi connectivity index (χ2n) is 5.44. The lowest BCUT2D eigenvalue weighted by molar-refractivity contribution is 0.198. The normalized spacial score (nSPS) is 12.4. The van der Waals surface area contributed by atoms with Crippen LogP contribution in [0.25, 0.3) is 0 Å². The Balaban J connectivity index is 2.58. The van der Waals surface area contributed by atoms with E-state index in [-0.39, 0.29) is 0 Å². The smallest absolute Gasteiger partial charge is 0.126 e. The van der Waals surface area contributed by atoms with Gasteiger partial charge in [-0.2, -0.15) is 0 Å². The second kappa shape index (κ2) is 9.78. The molecule has 1 rings (SSSR count). The monoisotopic (exact) mass is 279 g/mol. The maximum absolute atomic E-state index is 6.07. The first-order chi connectivity index (χ1) is 9.69. The van der Waals surface area contributed by atoms with Crippen LogP contribution in [0.5, 0.6) is 5.75 Å². The number of para-hydroxylation sites is 1. The first-order valence-electron chi connectivity index (χ1n) is 7.60. The summed E-state index contributed by atoms with van der Waals surface area (Å²) < 4.78 is 11.1. The fraction of sp³-hybridized carbons (Fsp3) is 0.647. The van der Waals surface area contributed by atoms with E-state index in [1.165, 1.54) is 24.0 Å². The molecule has 114 valence electrons. The Kier molecular flexibility index (Phi) is 8.31. The van der Waals surface area contributed by atoms with E-state index in [2.05, 4.69) is 44.3 Å². The van der Waals surface area contributed by atoms with Crippen LogP contribution < -0.4 is 10.1 Å². The predicted molar refractivity (Wildman–Crippen MR) is 84.3 cm³/mol. The molecule has 0 aliphatic carbocycles. The van der Waals surface area contributed by atoms with Crippen LogP contribution in [-0.4, -0.2) is 26.9 Å². The molecule has 0 fully saturated rings. The third kappa shape index (κ3) is 5.93. The number of rotatable bonds is 10. The fourth-order valence-electron chi connectivity index (χ4n) is 2.26. The van der Waals surface area contributed by atoms with Gasteiger partial charge in [-0.1, -0.05) is 38.5 Å². The third-order valence-corrected chi connectivity index (χ3v) is 3.39. The van der Waals surface area contributed by atoms with Crippen LogP contribution in [0.3, 0.4) is 0 Å². The van der Waals surface area contributed by atoms with Crippen LogP contribution in [0.2, 0.25) is 0 Å². The van der Waals surface area contributed by atoms with Crippen LogP contribution in [0.15, 0.2) is 18.2 Å². The zero-order valence-corrected chi connectivity index (χ0v) is 13.4. The van der Waals surface area contributed by atoms with Crippen molar-refractivity contribution >= 4 is 0 Å². The number of benzene rings is 1. The van der Waals surface area contributed by atoms with E-state index in [4.69, 9.17) is 9.47 Å². The Labute approximate surface area is 123 Å². The molecule has 0 spiro atoms. The number of nitrogens with one attached hydrogen (secondary N) is 1. The van der Waals surface area contributed by atoms with Crippen LogP contribution in [-0.2, 0) is 11.3 Å². The lowest BCUT2D eigenvalue weighted by Crippen LogP contribution is -2.19. The summed E-state index contributed by atoms with van der Waals surface area (Å²) in [4.78, 5) is 0. The fourth-order valence-corrected chi connectivity index (χ4v) is 2.26. The molecule has 1 aromatic rings. The molecule has 1 aromatic carbocycles. The van der Waals surface area contributed by atoms with Crippen molar-refractivity contribution in [1.29, 1.82) is 0 Å². The molecule has 0 aromatic heterocycles. The number of ether oxygens (including phenoxy) is 2. The van der Waals surface area contributed by atoms with Crippen LogP contribution in [0.1, 0.15) is 37.8 Å². The van der Waals surface area contributed by atoms with E-state index in [0.29, 0.717) is 5.92 Å². The van der Waals surface area contributed by atoms with Gasteiger partial charge in [-0.25, -0.2) is 0 Å². The molecular weight excluding hydrogens is 250 g/mol. The van der Waals surface area contributed by atoms with E-state index in [1.807, 2.05) is 0 Å². The van der Waals surface area contributed by atoms with Gasteiger partial charge < -0.3 is 14.8 Å². The first-order valence-corrected chi connectivity index (χ1v) is 7.60. The molecule has 0 saturated carbocycles. The maximum atomic E-state index is 6.07. The van der Waals surface area contributed by atoms with Crippen LogP contribution in [0.4, 0.5) is 0 Å². The number of aryl methyl sites for hydroxylation is 1. The highest BCUT2D eigenvalue weighted by molar-refractivity contribution is 5.40. The van der Waals surface area contributed by atoms with Gasteiger partial charge in [0.2, 0.25) is 0 Å². The molecule has 20 heavy (non-hydrogen) atoms. The molecule has 0 bridgehead atoms. The van der Waals surface area contributed by atoms with Crippen molar-refractivity contribution in [3.8, 4) is 5.75 Å². The molecule has 0 amide bonds. The summed E-state index contributed by atoms with van der Waals surface area (Å²) in [5, 5.41) is 3.38. The lowest BCUT2D eigenvalue weighted by Gasteiger charge is -2.17. The Hall–Kier alpha value is -1.06. The van der Waals surface area contributed by atoms with Crippen LogP contribution in [0, 0.1) is 12.8 Å². The highest BCUT2D eigenvalue weighted by Crippen LogP contribution is 2.24. The highest BCUT2D eigenvalue weighted by atomic mass is 16.5. The molecule has 0 radical (unpaired) electrons. The van der Waals surface area contributed by atoms with Gasteiger partial charge in [0.1, 0.15) is 5.75 Å². The van der Waals surface area contributed by atoms with Crippen molar-refractivity contribution in [2.75, 3.05) is 26.9 Å². The summed E-state index contributed by atoms with van der Waals surface area (Å²) >= 11 is 0. The molecule has 0 aliphatic rings. The van der Waals surface area contributed by atoms with Gasteiger partial charge in [-0.15, -0.1) is 0 Å².